The molecule has 1 aliphatic carbocycles. The molecule has 0 heterocycles. The van der Waals surface area contributed by atoms with Gasteiger partial charge in [-0.05, 0) is 59.4 Å². The number of rotatable bonds is 6. The SMILES string of the molecule is CCCOC(=O)Nc1ccc2c(c1)Cc1cc(NC(=O)NCCO)ccc1-2. The number of fused-ring (bicyclic) bond motifs is 3. The van der Waals surface area contributed by atoms with Crippen LogP contribution in [0, 0.1) is 0 Å². The van der Waals surface area contributed by atoms with Gasteiger partial charge in [-0.1, -0.05) is 19.1 Å². The quantitative estimate of drug-likeness (QED) is 0.535. The molecule has 0 unspecified atom stereocenters. The standard InChI is InChI=1S/C20H23N3O4/c1-2-9-27-20(26)23-16-4-6-18-14(12-16)10-13-11-15(3-5-17(13)18)22-19(25)21-7-8-24/h3-6,11-12,24H,2,7-10H2,1H3,(H,23,26)(H2,21,22,25). The van der Waals surface area contributed by atoms with Crippen LogP contribution in [-0.2, 0) is 11.2 Å². The summed E-state index contributed by atoms with van der Waals surface area (Å²) in [6, 6.07) is 11.2. The minimum atomic E-state index is -0.451. The first kappa shape index (κ1) is 18.7. The molecule has 3 amide bonds. The van der Waals surface area contributed by atoms with Crippen molar-refractivity contribution in [3.8, 4) is 11.1 Å². The topological polar surface area (TPSA) is 99.7 Å². The normalized spacial score (nSPS) is 11.3. The van der Waals surface area contributed by atoms with Crippen LogP contribution in [0.4, 0.5) is 21.0 Å². The number of benzene rings is 2. The van der Waals surface area contributed by atoms with E-state index in [9.17, 15) is 9.59 Å². The molecule has 0 aromatic heterocycles. The third-order valence-corrected chi connectivity index (χ3v) is 4.22. The molecule has 27 heavy (non-hydrogen) atoms. The zero-order valence-electron chi connectivity index (χ0n) is 15.2. The smallest absolute Gasteiger partial charge is 0.411 e. The maximum Gasteiger partial charge on any atom is 0.411 e. The van der Waals surface area contributed by atoms with Crippen molar-refractivity contribution >= 4 is 23.5 Å². The third kappa shape index (κ3) is 4.57. The van der Waals surface area contributed by atoms with Crippen molar-refractivity contribution < 1.29 is 19.4 Å². The highest BCUT2D eigenvalue weighted by Crippen LogP contribution is 2.39. The zero-order chi connectivity index (χ0) is 19.2. The minimum absolute atomic E-state index is 0.102. The number of ether oxygens (including phenoxy) is 1. The van der Waals surface area contributed by atoms with Gasteiger partial charge in [-0.3, -0.25) is 5.32 Å². The molecule has 4 N–H and O–H groups in total. The van der Waals surface area contributed by atoms with Gasteiger partial charge in [0.2, 0.25) is 0 Å². The third-order valence-electron chi connectivity index (χ3n) is 4.22. The second-order valence-electron chi connectivity index (χ2n) is 6.29. The van der Waals surface area contributed by atoms with Gasteiger partial charge in [-0.2, -0.15) is 0 Å². The Morgan fingerprint density at radius 3 is 2.26 bits per heavy atom. The van der Waals surface area contributed by atoms with Gasteiger partial charge in [0.05, 0.1) is 13.2 Å². The molecule has 0 radical (unpaired) electrons. The lowest BCUT2D eigenvalue weighted by Gasteiger charge is -2.09. The van der Waals surface area contributed by atoms with Crippen molar-refractivity contribution in [2.75, 3.05) is 30.4 Å². The summed E-state index contributed by atoms with van der Waals surface area (Å²) in [4.78, 5) is 23.4. The Balaban J connectivity index is 1.69. The van der Waals surface area contributed by atoms with Gasteiger partial charge >= 0.3 is 12.1 Å². The lowest BCUT2D eigenvalue weighted by Crippen LogP contribution is -2.30. The number of urea groups is 1. The number of aliphatic hydroxyl groups is 1. The van der Waals surface area contributed by atoms with Crippen LogP contribution in [0.3, 0.4) is 0 Å². The van der Waals surface area contributed by atoms with Gasteiger partial charge in [0, 0.05) is 17.9 Å². The van der Waals surface area contributed by atoms with E-state index in [0.29, 0.717) is 18.0 Å². The lowest BCUT2D eigenvalue weighted by atomic mass is 10.1. The van der Waals surface area contributed by atoms with Crippen molar-refractivity contribution in [1.82, 2.24) is 5.32 Å². The molecule has 0 bridgehead atoms. The van der Waals surface area contributed by atoms with E-state index in [2.05, 4.69) is 16.0 Å². The number of aliphatic hydroxyl groups excluding tert-OH is 1. The molecule has 2 aromatic rings. The molecule has 2 aromatic carbocycles. The Bertz CT molecular complexity index is 782. The first-order valence-electron chi connectivity index (χ1n) is 8.96. The van der Waals surface area contributed by atoms with Crippen molar-refractivity contribution in [3.63, 3.8) is 0 Å². The predicted molar refractivity (Wildman–Crippen MR) is 104 cm³/mol. The largest absolute Gasteiger partial charge is 0.449 e. The van der Waals surface area contributed by atoms with E-state index in [1.165, 1.54) is 0 Å². The summed E-state index contributed by atoms with van der Waals surface area (Å²) >= 11 is 0. The molecule has 3 rings (SSSR count). The molecule has 7 nitrogen and oxygen atoms in total. The van der Waals surface area contributed by atoms with E-state index in [0.717, 1.165) is 35.1 Å². The number of hydrogen-bond acceptors (Lipinski definition) is 4. The van der Waals surface area contributed by atoms with Crippen molar-refractivity contribution in [2.24, 2.45) is 0 Å². The molecule has 0 atom stereocenters. The number of carbonyl (C=O) groups excluding carboxylic acids is 2. The number of nitrogens with one attached hydrogen (secondary N) is 3. The second-order valence-corrected chi connectivity index (χ2v) is 6.29. The average Bonchev–Trinajstić information content (AvgIpc) is 3.01. The highest BCUT2D eigenvalue weighted by molar-refractivity contribution is 5.91. The fraction of sp³-hybridized carbons (Fsp3) is 0.300. The molecular formula is C20H23N3O4. The Morgan fingerprint density at radius 2 is 1.67 bits per heavy atom. The van der Waals surface area contributed by atoms with Crippen LogP contribution < -0.4 is 16.0 Å². The Labute approximate surface area is 157 Å². The number of hydrogen-bond donors (Lipinski definition) is 4. The molecule has 0 spiro atoms. The van der Waals surface area contributed by atoms with Gasteiger partial charge < -0.3 is 20.5 Å². The first-order chi connectivity index (χ1) is 13.1. The molecular weight excluding hydrogens is 346 g/mol. The molecule has 7 heteroatoms. The van der Waals surface area contributed by atoms with Crippen LogP contribution in [0.5, 0.6) is 0 Å². The highest BCUT2D eigenvalue weighted by Gasteiger charge is 2.19. The molecule has 0 saturated heterocycles. The maximum atomic E-state index is 11.7. The highest BCUT2D eigenvalue weighted by atomic mass is 16.5. The lowest BCUT2D eigenvalue weighted by molar-refractivity contribution is 0.161. The summed E-state index contributed by atoms with van der Waals surface area (Å²) in [5.74, 6) is 0. The van der Waals surface area contributed by atoms with E-state index in [1.807, 2.05) is 43.3 Å². The van der Waals surface area contributed by atoms with E-state index in [4.69, 9.17) is 9.84 Å². The second kappa shape index (κ2) is 8.55. The van der Waals surface area contributed by atoms with Crippen LogP contribution in [0.15, 0.2) is 36.4 Å². The number of amides is 3. The minimum Gasteiger partial charge on any atom is -0.449 e. The van der Waals surface area contributed by atoms with Crippen molar-refractivity contribution in [3.05, 3.63) is 47.5 Å². The van der Waals surface area contributed by atoms with Gasteiger partial charge in [-0.25, -0.2) is 9.59 Å². The van der Waals surface area contributed by atoms with Gasteiger partial charge in [0.1, 0.15) is 0 Å². The molecule has 142 valence electrons. The Hall–Kier alpha value is -3.06. The molecule has 0 fully saturated rings. The summed E-state index contributed by atoms with van der Waals surface area (Å²) in [6.45, 7) is 2.44. The summed E-state index contributed by atoms with van der Waals surface area (Å²) in [7, 11) is 0. The van der Waals surface area contributed by atoms with Crippen molar-refractivity contribution in [1.29, 1.82) is 0 Å². The number of carbonyl (C=O) groups is 2. The Morgan fingerprint density at radius 1 is 1.04 bits per heavy atom. The summed E-state index contributed by atoms with van der Waals surface area (Å²) in [5.41, 5.74) is 5.85. The van der Waals surface area contributed by atoms with Crippen molar-refractivity contribution in [2.45, 2.75) is 19.8 Å². The van der Waals surface area contributed by atoms with Gasteiger partial charge in [-0.15, -0.1) is 0 Å². The molecule has 1 aliphatic rings. The zero-order valence-corrected chi connectivity index (χ0v) is 15.2. The predicted octanol–water partition coefficient (Wildman–Crippen LogP) is 3.33. The summed E-state index contributed by atoms with van der Waals surface area (Å²) in [5, 5.41) is 16.8. The van der Waals surface area contributed by atoms with E-state index >= 15 is 0 Å². The van der Waals surface area contributed by atoms with E-state index < -0.39 is 6.09 Å². The van der Waals surface area contributed by atoms with Crippen LogP contribution in [0.25, 0.3) is 11.1 Å². The molecule has 0 saturated carbocycles. The average molecular weight is 369 g/mol. The van der Waals surface area contributed by atoms with E-state index in [1.54, 1.807) is 0 Å². The Kier molecular flexibility index (Phi) is 5.93. The summed E-state index contributed by atoms with van der Waals surface area (Å²) in [6.07, 6.45) is 1.05. The fourth-order valence-corrected chi connectivity index (χ4v) is 3.06. The van der Waals surface area contributed by atoms with Crippen LogP contribution in [-0.4, -0.2) is 37.0 Å². The maximum absolute atomic E-state index is 11.7. The van der Waals surface area contributed by atoms with Gasteiger partial charge in [0.25, 0.3) is 0 Å². The fourth-order valence-electron chi connectivity index (χ4n) is 3.06. The first-order valence-corrected chi connectivity index (χ1v) is 8.96. The van der Waals surface area contributed by atoms with Crippen LogP contribution in [0.1, 0.15) is 24.5 Å². The van der Waals surface area contributed by atoms with Crippen LogP contribution >= 0.6 is 0 Å². The number of anilines is 2. The summed E-state index contributed by atoms with van der Waals surface area (Å²) < 4.78 is 5.05. The molecule has 0 aliphatic heterocycles. The van der Waals surface area contributed by atoms with Gasteiger partial charge in [0.15, 0.2) is 0 Å². The van der Waals surface area contributed by atoms with E-state index in [-0.39, 0.29) is 19.2 Å². The monoisotopic (exact) mass is 369 g/mol. The van der Waals surface area contributed by atoms with Crippen LogP contribution in [0.2, 0.25) is 0 Å².